The highest BCUT2D eigenvalue weighted by Gasteiger charge is 2.15. The van der Waals surface area contributed by atoms with E-state index < -0.39 is 0 Å². The molecule has 3 aromatic heterocycles. The maximum absolute atomic E-state index is 4.72. The molecule has 1 N–H and O–H groups in total. The predicted molar refractivity (Wildman–Crippen MR) is 90.8 cm³/mol. The van der Waals surface area contributed by atoms with E-state index in [-0.39, 0.29) is 0 Å². The summed E-state index contributed by atoms with van der Waals surface area (Å²) in [5.74, 6) is 0.962. The molecule has 0 atom stereocenters. The van der Waals surface area contributed by atoms with E-state index in [1.807, 2.05) is 16.7 Å². The lowest BCUT2D eigenvalue weighted by atomic mass is 10.2. The Morgan fingerprint density at radius 1 is 1.14 bits per heavy atom. The highest BCUT2D eigenvalue weighted by atomic mass is 32.1. The number of benzene rings is 1. The van der Waals surface area contributed by atoms with Gasteiger partial charge in [-0.15, -0.1) is 11.3 Å². The van der Waals surface area contributed by atoms with Gasteiger partial charge in [0, 0.05) is 18.1 Å². The van der Waals surface area contributed by atoms with Crippen LogP contribution in [0.3, 0.4) is 0 Å². The van der Waals surface area contributed by atoms with E-state index in [0.717, 1.165) is 27.7 Å². The molecule has 0 bridgehead atoms. The minimum Gasteiger partial charge on any atom is -0.339 e. The summed E-state index contributed by atoms with van der Waals surface area (Å²) in [4.78, 5) is 10.0. The van der Waals surface area contributed by atoms with Crippen molar-refractivity contribution in [2.24, 2.45) is 0 Å². The van der Waals surface area contributed by atoms with Gasteiger partial charge in [-0.25, -0.2) is 4.98 Å². The predicted octanol–water partition coefficient (Wildman–Crippen LogP) is 4.51. The fraction of sp³-hybridized carbons (Fsp3) is 0.0588. The van der Waals surface area contributed by atoms with E-state index in [2.05, 4.69) is 52.9 Å². The molecular formula is C17H14N4S. The van der Waals surface area contributed by atoms with Gasteiger partial charge in [0.2, 0.25) is 0 Å². The molecule has 1 aromatic carbocycles. The van der Waals surface area contributed by atoms with Crippen molar-refractivity contribution in [2.45, 2.75) is 6.92 Å². The molecule has 4 nitrogen and oxygen atoms in total. The van der Waals surface area contributed by atoms with Crippen LogP contribution >= 0.6 is 11.3 Å². The van der Waals surface area contributed by atoms with Crippen LogP contribution in [-0.4, -0.2) is 14.4 Å². The Bertz CT molecular complexity index is 908. The normalized spacial score (nSPS) is 11.0. The number of aryl methyl sites for hydroxylation is 1. The van der Waals surface area contributed by atoms with Gasteiger partial charge in [-0.3, -0.25) is 9.38 Å². The van der Waals surface area contributed by atoms with Crippen molar-refractivity contribution in [1.82, 2.24) is 14.4 Å². The van der Waals surface area contributed by atoms with Gasteiger partial charge in [0.25, 0.3) is 0 Å². The van der Waals surface area contributed by atoms with Crippen molar-refractivity contribution in [3.63, 3.8) is 0 Å². The monoisotopic (exact) mass is 306 g/mol. The summed E-state index contributed by atoms with van der Waals surface area (Å²) in [5.41, 5.74) is 4.07. The van der Waals surface area contributed by atoms with Crippen LogP contribution in [0.25, 0.3) is 16.2 Å². The highest BCUT2D eigenvalue weighted by Crippen LogP contribution is 2.33. The first-order chi connectivity index (χ1) is 10.8. The fourth-order valence-electron chi connectivity index (χ4n) is 2.38. The molecule has 4 rings (SSSR count). The number of thiophene rings is 1. The molecule has 5 heteroatoms. The summed E-state index contributed by atoms with van der Waals surface area (Å²) in [6.45, 7) is 2.08. The zero-order valence-corrected chi connectivity index (χ0v) is 12.8. The largest absolute Gasteiger partial charge is 0.339 e. The average molecular weight is 306 g/mol. The molecule has 0 radical (unpaired) electrons. The van der Waals surface area contributed by atoms with Crippen molar-refractivity contribution in [3.8, 4) is 10.6 Å². The quantitative estimate of drug-likeness (QED) is 0.605. The summed E-state index contributed by atoms with van der Waals surface area (Å²) in [5, 5.41) is 5.55. The van der Waals surface area contributed by atoms with Gasteiger partial charge in [0.15, 0.2) is 5.65 Å². The molecule has 4 aromatic rings. The Labute approximate surface area is 132 Å². The number of imidazole rings is 1. The van der Waals surface area contributed by atoms with E-state index in [9.17, 15) is 0 Å². The van der Waals surface area contributed by atoms with Crippen molar-refractivity contribution in [3.05, 3.63) is 65.9 Å². The van der Waals surface area contributed by atoms with Crippen LogP contribution in [0.5, 0.6) is 0 Å². The number of aromatic nitrogens is 3. The SMILES string of the molecule is Cc1ccc(Nc2c(-c3cccs3)nc3cnccn23)cc1. The van der Waals surface area contributed by atoms with Gasteiger partial charge >= 0.3 is 0 Å². The van der Waals surface area contributed by atoms with E-state index in [1.165, 1.54) is 5.56 Å². The van der Waals surface area contributed by atoms with E-state index in [0.29, 0.717) is 0 Å². The maximum Gasteiger partial charge on any atom is 0.157 e. The van der Waals surface area contributed by atoms with Gasteiger partial charge in [0.1, 0.15) is 11.5 Å². The lowest BCUT2D eigenvalue weighted by molar-refractivity contribution is 1.13. The smallest absolute Gasteiger partial charge is 0.157 e. The van der Waals surface area contributed by atoms with Gasteiger partial charge < -0.3 is 5.32 Å². The third kappa shape index (κ3) is 2.25. The summed E-state index contributed by atoms with van der Waals surface area (Å²) >= 11 is 1.68. The topological polar surface area (TPSA) is 42.2 Å². The summed E-state index contributed by atoms with van der Waals surface area (Å²) < 4.78 is 2.03. The Morgan fingerprint density at radius 2 is 2.00 bits per heavy atom. The Morgan fingerprint density at radius 3 is 2.77 bits per heavy atom. The number of fused-ring (bicyclic) bond motifs is 1. The number of nitrogens with one attached hydrogen (secondary N) is 1. The number of hydrogen-bond acceptors (Lipinski definition) is 4. The van der Waals surface area contributed by atoms with Crippen LogP contribution in [0, 0.1) is 6.92 Å². The van der Waals surface area contributed by atoms with Gasteiger partial charge in [-0.2, -0.15) is 0 Å². The van der Waals surface area contributed by atoms with Gasteiger partial charge in [0.05, 0.1) is 11.1 Å². The fourth-order valence-corrected chi connectivity index (χ4v) is 3.10. The number of rotatable bonds is 3. The maximum atomic E-state index is 4.72. The molecule has 0 fully saturated rings. The molecule has 22 heavy (non-hydrogen) atoms. The summed E-state index contributed by atoms with van der Waals surface area (Å²) in [6, 6.07) is 12.5. The van der Waals surface area contributed by atoms with Crippen LogP contribution in [-0.2, 0) is 0 Å². The Hall–Kier alpha value is -2.66. The van der Waals surface area contributed by atoms with E-state index in [4.69, 9.17) is 4.98 Å². The first kappa shape index (κ1) is 13.0. The van der Waals surface area contributed by atoms with Crippen LogP contribution < -0.4 is 5.32 Å². The first-order valence-electron chi connectivity index (χ1n) is 7.01. The minimum absolute atomic E-state index is 0.834. The molecule has 3 heterocycles. The molecule has 0 saturated heterocycles. The Kier molecular flexibility index (Phi) is 3.12. The lowest BCUT2D eigenvalue weighted by Crippen LogP contribution is -1.96. The van der Waals surface area contributed by atoms with Gasteiger partial charge in [-0.1, -0.05) is 23.8 Å². The molecule has 0 spiro atoms. The third-order valence-corrected chi connectivity index (χ3v) is 4.38. The van der Waals surface area contributed by atoms with Crippen LogP contribution in [0.2, 0.25) is 0 Å². The number of hydrogen-bond donors (Lipinski definition) is 1. The van der Waals surface area contributed by atoms with E-state index in [1.54, 1.807) is 23.7 Å². The molecule has 108 valence electrons. The molecule has 0 aliphatic rings. The highest BCUT2D eigenvalue weighted by molar-refractivity contribution is 7.13. The molecule has 0 amide bonds. The molecule has 0 saturated carbocycles. The van der Waals surface area contributed by atoms with Crippen LogP contribution in [0.4, 0.5) is 11.5 Å². The van der Waals surface area contributed by atoms with E-state index >= 15 is 0 Å². The van der Waals surface area contributed by atoms with Gasteiger partial charge in [-0.05, 0) is 30.5 Å². The average Bonchev–Trinajstić information content (AvgIpc) is 3.18. The second-order valence-corrected chi connectivity index (χ2v) is 6.03. The first-order valence-corrected chi connectivity index (χ1v) is 7.89. The minimum atomic E-state index is 0.834. The van der Waals surface area contributed by atoms with Crippen molar-refractivity contribution >= 4 is 28.5 Å². The van der Waals surface area contributed by atoms with Crippen molar-refractivity contribution in [1.29, 1.82) is 0 Å². The molecular weight excluding hydrogens is 292 g/mol. The van der Waals surface area contributed by atoms with Crippen LogP contribution in [0.1, 0.15) is 5.56 Å². The van der Waals surface area contributed by atoms with Crippen LogP contribution in [0.15, 0.2) is 60.4 Å². The summed E-state index contributed by atoms with van der Waals surface area (Å²) in [7, 11) is 0. The second-order valence-electron chi connectivity index (χ2n) is 5.08. The number of anilines is 2. The Balaban J connectivity index is 1.87. The number of nitrogens with zero attached hydrogens (tertiary/aromatic N) is 3. The molecule has 0 unspecified atom stereocenters. The van der Waals surface area contributed by atoms with Crippen molar-refractivity contribution < 1.29 is 0 Å². The second kappa shape index (κ2) is 5.27. The standard InChI is InChI=1S/C17H14N4S/c1-12-4-6-13(7-5-12)19-17-16(14-3-2-10-22-14)20-15-11-18-8-9-21(15)17/h2-11,19H,1H3. The molecule has 0 aliphatic heterocycles. The molecule has 0 aliphatic carbocycles. The zero-order valence-electron chi connectivity index (χ0n) is 12.0. The lowest BCUT2D eigenvalue weighted by Gasteiger charge is -2.08. The third-order valence-electron chi connectivity index (χ3n) is 3.50. The summed E-state index contributed by atoms with van der Waals surface area (Å²) in [6.07, 6.45) is 5.47. The zero-order chi connectivity index (χ0) is 14.9. The van der Waals surface area contributed by atoms with Crippen molar-refractivity contribution in [2.75, 3.05) is 5.32 Å².